The highest BCUT2D eigenvalue weighted by molar-refractivity contribution is 9.10. The van der Waals surface area contributed by atoms with E-state index in [0.29, 0.717) is 26.2 Å². The average Bonchev–Trinajstić information content (AvgIpc) is 2.34. The molecule has 1 heterocycles. The topological polar surface area (TPSA) is 15.3 Å². The van der Waals surface area contributed by atoms with Crippen LogP contribution in [-0.4, -0.2) is 37.3 Å². The minimum absolute atomic E-state index is 0.0504. The maximum atomic E-state index is 13.3. The van der Waals surface area contributed by atoms with Gasteiger partial charge in [0, 0.05) is 26.2 Å². The third-order valence-electron chi connectivity index (χ3n) is 3.09. The monoisotopic (exact) mass is 340 g/mol. The lowest BCUT2D eigenvalue weighted by atomic mass is 10.0. The predicted molar refractivity (Wildman–Crippen MR) is 67.3 cm³/mol. The van der Waals surface area contributed by atoms with Crippen molar-refractivity contribution in [2.24, 2.45) is 0 Å². The number of nitrogens with one attached hydrogen (secondary N) is 1. The van der Waals surface area contributed by atoms with Crippen LogP contribution in [0.1, 0.15) is 11.6 Å². The van der Waals surface area contributed by atoms with Gasteiger partial charge in [0.05, 0.1) is 4.47 Å². The molecular formula is C12H13BrF4N2. The molecule has 0 unspecified atom stereocenters. The van der Waals surface area contributed by atoms with Crippen LogP contribution in [0.3, 0.4) is 0 Å². The molecule has 19 heavy (non-hydrogen) atoms. The highest BCUT2D eigenvalue weighted by Gasteiger charge is 2.44. The first kappa shape index (κ1) is 14.7. The lowest BCUT2D eigenvalue weighted by Crippen LogP contribution is -2.49. The van der Waals surface area contributed by atoms with E-state index in [4.69, 9.17) is 0 Å². The van der Waals surface area contributed by atoms with Crippen LogP contribution in [0.25, 0.3) is 0 Å². The van der Waals surface area contributed by atoms with Gasteiger partial charge >= 0.3 is 6.18 Å². The van der Waals surface area contributed by atoms with Crippen LogP contribution in [-0.2, 0) is 0 Å². The van der Waals surface area contributed by atoms with E-state index in [2.05, 4.69) is 21.2 Å². The number of halogens is 5. The van der Waals surface area contributed by atoms with Gasteiger partial charge in [-0.2, -0.15) is 13.2 Å². The van der Waals surface area contributed by atoms with Crippen LogP contribution < -0.4 is 5.32 Å². The van der Waals surface area contributed by atoms with Gasteiger partial charge in [0.2, 0.25) is 0 Å². The van der Waals surface area contributed by atoms with Gasteiger partial charge in [-0.3, -0.25) is 4.90 Å². The molecule has 0 aromatic heterocycles. The van der Waals surface area contributed by atoms with E-state index in [0.717, 1.165) is 6.07 Å². The molecule has 1 fully saturated rings. The van der Waals surface area contributed by atoms with Crippen molar-refractivity contribution in [2.45, 2.75) is 12.2 Å². The second kappa shape index (κ2) is 5.76. The molecule has 0 aliphatic carbocycles. The van der Waals surface area contributed by atoms with E-state index < -0.39 is 18.0 Å². The Balaban J connectivity index is 2.33. The minimum atomic E-state index is -4.38. The molecule has 0 saturated carbocycles. The molecule has 0 radical (unpaired) electrons. The fourth-order valence-electron chi connectivity index (χ4n) is 2.23. The summed E-state index contributed by atoms with van der Waals surface area (Å²) in [6, 6.07) is 1.77. The first-order valence-corrected chi connectivity index (χ1v) is 6.65. The molecule has 1 aliphatic heterocycles. The van der Waals surface area contributed by atoms with E-state index in [1.807, 2.05) is 0 Å². The van der Waals surface area contributed by atoms with Gasteiger partial charge < -0.3 is 5.32 Å². The highest BCUT2D eigenvalue weighted by Crippen LogP contribution is 2.38. The summed E-state index contributed by atoms with van der Waals surface area (Å²) < 4.78 is 53.0. The fraction of sp³-hybridized carbons (Fsp3) is 0.500. The van der Waals surface area contributed by atoms with E-state index in [9.17, 15) is 17.6 Å². The first-order chi connectivity index (χ1) is 8.89. The van der Waals surface area contributed by atoms with Crippen molar-refractivity contribution in [3.63, 3.8) is 0 Å². The average molecular weight is 341 g/mol. The zero-order valence-corrected chi connectivity index (χ0v) is 11.6. The third kappa shape index (κ3) is 3.46. The van der Waals surface area contributed by atoms with Gasteiger partial charge in [-0.05, 0) is 33.6 Å². The Bertz CT molecular complexity index is 444. The molecule has 106 valence electrons. The summed E-state index contributed by atoms with van der Waals surface area (Å²) in [5.41, 5.74) is 0.0580. The van der Waals surface area contributed by atoms with Crippen molar-refractivity contribution in [1.29, 1.82) is 0 Å². The Morgan fingerprint density at radius 3 is 2.37 bits per heavy atom. The largest absolute Gasteiger partial charge is 0.408 e. The van der Waals surface area contributed by atoms with Crippen LogP contribution in [0.15, 0.2) is 22.7 Å². The Morgan fingerprint density at radius 2 is 1.84 bits per heavy atom. The summed E-state index contributed by atoms with van der Waals surface area (Å²) >= 11 is 2.93. The molecule has 1 N–H and O–H groups in total. The molecule has 2 nitrogen and oxygen atoms in total. The van der Waals surface area contributed by atoms with Gasteiger partial charge in [-0.25, -0.2) is 4.39 Å². The normalized spacial score (nSPS) is 19.4. The summed E-state index contributed by atoms with van der Waals surface area (Å²) in [5, 5.41) is 3.01. The zero-order valence-electron chi connectivity index (χ0n) is 9.97. The summed E-state index contributed by atoms with van der Waals surface area (Å²) in [6.45, 7) is 1.68. The fourth-order valence-corrected chi connectivity index (χ4v) is 2.63. The molecule has 1 aliphatic rings. The first-order valence-electron chi connectivity index (χ1n) is 5.86. The minimum Gasteiger partial charge on any atom is -0.314 e. The zero-order chi connectivity index (χ0) is 14.0. The molecule has 0 spiro atoms. The third-order valence-corrected chi connectivity index (χ3v) is 3.69. The number of hydrogen-bond acceptors (Lipinski definition) is 2. The molecule has 1 aromatic rings. The Kier molecular flexibility index (Phi) is 4.47. The Hall–Kier alpha value is -0.660. The van der Waals surface area contributed by atoms with Crippen LogP contribution in [0.4, 0.5) is 17.6 Å². The summed E-state index contributed by atoms with van der Waals surface area (Å²) in [6.07, 6.45) is -4.38. The number of nitrogens with zero attached hydrogens (tertiary/aromatic N) is 1. The number of rotatable bonds is 2. The molecule has 7 heteroatoms. The number of alkyl halides is 3. The van der Waals surface area contributed by atoms with Crippen molar-refractivity contribution in [3.05, 3.63) is 34.1 Å². The smallest absolute Gasteiger partial charge is 0.314 e. The molecule has 1 aromatic carbocycles. The van der Waals surface area contributed by atoms with E-state index in [1.165, 1.54) is 17.0 Å². The van der Waals surface area contributed by atoms with Gasteiger partial charge in [0.15, 0.2) is 0 Å². The van der Waals surface area contributed by atoms with Crippen molar-refractivity contribution in [3.8, 4) is 0 Å². The van der Waals surface area contributed by atoms with E-state index in [1.54, 1.807) is 0 Å². The molecule has 2 rings (SSSR count). The van der Waals surface area contributed by atoms with Crippen LogP contribution in [0.2, 0.25) is 0 Å². The van der Waals surface area contributed by atoms with Crippen LogP contribution in [0, 0.1) is 5.82 Å². The van der Waals surface area contributed by atoms with Crippen molar-refractivity contribution in [1.82, 2.24) is 10.2 Å². The predicted octanol–water partition coefficient (Wildman–Crippen LogP) is 3.10. The lowest BCUT2D eigenvalue weighted by molar-refractivity contribution is -0.187. The summed E-state index contributed by atoms with van der Waals surface area (Å²) in [7, 11) is 0. The van der Waals surface area contributed by atoms with Crippen molar-refractivity contribution in [2.75, 3.05) is 26.2 Å². The Labute approximate surface area is 116 Å². The lowest BCUT2D eigenvalue weighted by Gasteiger charge is -2.36. The summed E-state index contributed by atoms with van der Waals surface area (Å²) in [4.78, 5) is 1.37. The van der Waals surface area contributed by atoms with E-state index in [-0.39, 0.29) is 10.0 Å². The van der Waals surface area contributed by atoms with Gasteiger partial charge in [-0.1, -0.05) is 6.07 Å². The van der Waals surface area contributed by atoms with Gasteiger partial charge in [0.1, 0.15) is 11.9 Å². The van der Waals surface area contributed by atoms with E-state index >= 15 is 0 Å². The molecule has 1 saturated heterocycles. The summed E-state index contributed by atoms with van der Waals surface area (Å²) in [5.74, 6) is -0.565. The van der Waals surface area contributed by atoms with Gasteiger partial charge in [0.25, 0.3) is 0 Å². The number of hydrogen-bond donors (Lipinski definition) is 1. The second-order valence-corrected chi connectivity index (χ2v) is 5.26. The molecule has 1 atom stereocenters. The number of piperazine rings is 1. The standard InChI is InChI=1S/C12H13BrF4N2/c13-9-7-8(1-2-10(9)14)11(12(15,16)17)19-5-3-18-4-6-19/h1-2,7,11,18H,3-6H2/t11-/m0/s1. The van der Waals surface area contributed by atoms with Crippen LogP contribution >= 0.6 is 15.9 Å². The molecule has 0 bridgehead atoms. The Morgan fingerprint density at radius 1 is 1.21 bits per heavy atom. The second-order valence-electron chi connectivity index (χ2n) is 4.40. The van der Waals surface area contributed by atoms with Crippen molar-refractivity contribution >= 4 is 15.9 Å². The van der Waals surface area contributed by atoms with Crippen molar-refractivity contribution < 1.29 is 17.6 Å². The SMILES string of the molecule is Fc1ccc([C@H](N2CCNCC2)C(F)(F)F)cc1Br. The number of benzene rings is 1. The highest BCUT2D eigenvalue weighted by atomic mass is 79.9. The molecule has 0 amide bonds. The maximum Gasteiger partial charge on any atom is 0.408 e. The quantitative estimate of drug-likeness (QED) is 0.832. The molecular weight excluding hydrogens is 328 g/mol. The van der Waals surface area contributed by atoms with Crippen LogP contribution in [0.5, 0.6) is 0 Å². The van der Waals surface area contributed by atoms with Gasteiger partial charge in [-0.15, -0.1) is 0 Å². The maximum absolute atomic E-state index is 13.3.